The maximum Gasteiger partial charge on any atom is 0.258 e. The summed E-state index contributed by atoms with van der Waals surface area (Å²) in [7, 11) is 0. The van der Waals surface area contributed by atoms with Crippen molar-refractivity contribution in [2.24, 2.45) is 0 Å². The van der Waals surface area contributed by atoms with Crippen LogP contribution < -0.4 is 10.1 Å². The quantitative estimate of drug-likeness (QED) is 0.705. The third-order valence-electron chi connectivity index (χ3n) is 6.80. The molecule has 2 aliphatic heterocycles. The van der Waals surface area contributed by atoms with Crippen LogP contribution in [0.15, 0.2) is 48.5 Å². The number of nitrogens with zero attached hydrogens (tertiary/aromatic N) is 2. The number of carbonyl (C=O) groups excluding carboxylic acids is 2. The molecule has 31 heavy (non-hydrogen) atoms. The van der Waals surface area contributed by atoms with E-state index >= 15 is 0 Å². The van der Waals surface area contributed by atoms with Gasteiger partial charge in [0.2, 0.25) is 5.91 Å². The molecule has 0 unspecified atom stereocenters. The van der Waals surface area contributed by atoms with Crippen LogP contribution in [0.25, 0.3) is 10.9 Å². The fourth-order valence-corrected chi connectivity index (χ4v) is 4.86. The van der Waals surface area contributed by atoms with E-state index < -0.39 is 5.72 Å². The largest absolute Gasteiger partial charge is 0.467 e. The van der Waals surface area contributed by atoms with Gasteiger partial charge in [0.05, 0.1) is 5.56 Å². The van der Waals surface area contributed by atoms with E-state index in [0.717, 1.165) is 0 Å². The minimum atomic E-state index is -0.716. The first-order chi connectivity index (χ1) is 15.0. The lowest BCUT2D eigenvalue weighted by atomic mass is 9.96. The smallest absolute Gasteiger partial charge is 0.258 e. The van der Waals surface area contributed by atoms with E-state index in [1.807, 2.05) is 29.2 Å². The number of piperidine rings is 1. The summed E-state index contributed by atoms with van der Waals surface area (Å²) < 4.78 is 8.43. The molecule has 3 aromatic rings. The van der Waals surface area contributed by atoms with Crippen molar-refractivity contribution in [2.75, 3.05) is 13.1 Å². The molecule has 1 fully saturated rings. The van der Waals surface area contributed by atoms with Gasteiger partial charge in [-0.05, 0) is 37.6 Å². The molecule has 1 saturated heterocycles. The van der Waals surface area contributed by atoms with E-state index in [2.05, 4.69) is 41.9 Å². The van der Waals surface area contributed by atoms with Crippen LogP contribution in [0.1, 0.15) is 40.9 Å². The highest BCUT2D eigenvalue weighted by Crippen LogP contribution is 2.33. The highest BCUT2D eigenvalue weighted by atomic mass is 16.5. The number of carbonyl (C=O) groups is 2. The third-order valence-corrected chi connectivity index (χ3v) is 6.80. The number of hydrogen-bond donors (Lipinski definition) is 1. The van der Waals surface area contributed by atoms with Gasteiger partial charge in [0.1, 0.15) is 5.75 Å². The van der Waals surface area contributed by atoms with Crippen molar-refractivity contribution < 1.29 is 14.3 Å². The molecule has 1 N–H and O–H groups in total. The molecule has 2 amide bonds. The van der Waals surface area contributed by atoms with Crippen LogP contribution in [0.2, 0.25) is 0 Å². The lowest BCUT2D eigenvalue weighted by Crippen LogP contribution is -2.61. The maximum absolute atomic E-state index is 12.9. The second kappa shape index (κ2) is 7.45. The van der Waals surface area contributed by atoms with Crippen molar-refractivity contribution in [2.45, 2.75) is 45.4 Å². The van der Waals surface area contributed by atoms with Gasteiger partial charge in [-0.15, -0.1) is 0 Å². The molecule has 3 heterocycles. The summed E-state index contributed by atoms with van der Waals surface area (Å²) in [5.41, 5.74) is 3.51. The SMILES string of the molecule is Cc1c(C)n(CCC(=O)N2CCC3(CC2)NC(=O)c2ccccc2O3)c2ccccc12. The number of benzene rings is 2. The van der Waals surface area contributed by atoms with Crippen LogP contribution in [-0.4, -0.2) is 40.1 Å². The highest BCUT2D eigenvalue weighted by Gasteiger charge is 2.43. The minimum absolute atomic E-state index is 0.105. The Morgan fingerprint density at radius 3 is 2.58 bits per heavy atom. The number of nitrogens with one attached hydrogen (secondary N) is 1. The standard InChI is InChI=1S/C25H27N3O3/c1-17-18(2)28(21-9-5-3-7-19(17)21)14-11-23(29)27-15-12-25(13-16-27)26-24(30)20-8-4-6-10-22(20)31-25/h3-10H,11-16H2,1-2H3,(H,26,30). The predicted molar refractivity (Wildman–Crippen MR) is 119 cm³/mol. The molecule has 2 aliphatic rings. The normalized spacial score (nSPS) is 17.4. The van der Waals surface area contributed by atoms with E-state index in [-0.39, 0.29) is 11.8 Å². The van der Waals surface area contributed by atoms with Gasteiger partial charge in [-0.3, -0.25) is 9.59 Å². The zero-order valence-electron chi connectivity index (χ0n) is 18.0. The fourth-order valence-electron chi connectivity index (χ4n) is 4.86. The lowest BCUT2D eigenvalue weighted by Gasteiger charge is -2.44. The van der Waals surface area contributed by atoms with E-state index in [0.29, 0.717) is 50.2 Å². The maximum atomic E-state index is 12.9. The molecule has 6 nitrogen and oxygen atoms in total. The number of hydrogen-bond acceptors (Lipinski definition) is 3. The van der Waals surface area contributed by atoms with Crippen LogP contribution in [-0.2, 0) is 11.3 Å². The van der Waals surface area contributed by atoms with Gasteiger partial charge in [0.25, 0.3) is 5.91 Å². The summed E-state index contributed by atoms with van der Waals surface area (Å²) in [6, 6.07) is 15.7. The lowest BCUT2D eigenvalue weighted by molar-refractivity contribution is -0.135. The molecule has 1 aromatic heterocycles. The van der Waals surface area contributed by atoms with Crippen molar-refractivity contribution >= 4 is 22.7 Å². The average Bonchev–Trinajstić information content (AvgIpc) is 3.02. The van der Waals surface area contributed by atoms with Crippen molar-refractivity contribution in [1.82, 2.24) is 14.8 Å². The summed E-state index contributed by atoms with van der Waals surface area (Å²) in [6.07, 6.45) is 1.63. The fraction of sp³-hybridized carbons (Fsp3) is 0.360. The first kappa shape index (κ1) is 19.7. The van der Waals surface area contributed by atoms with Gasteiger partial charge < -0.3 is 19.5 Å². The molecule has 160 valence electrons. The Morgan fingerprint density at radius 2 is 1.77 bits per heavy atom. The number of rotatable bonds is 3. The minimum Gasteiger partial charge on any atom is -0.467 e. The second-order valence-corrected chi connectivity index (χ2v) is 8.56. The first-order valence-electron chi connectivity index (χ1n) is 10.9. The molecule has 6 heteroatoms. The summed E-state index contributed by atoms with van der Waals surface area (Å²) in [4.78, 5) is 27.3. The number of aromatic nitrogens is 1. The van der Waals surface area contributed by atoms with Crippen molar-refractivity contribution in [3.8, 4) is 5.75 Å². The number of amides is 2. The molecule has 0 radical (unpaired) electrons. The van der Waals surface area contributed by atoms with Gasteiger partial charge >= 0.3 is 0 Å². The Labute approximate surface area is 181 Å². The van der Waals surface area contributed by atoms with E-state index in [9.17, 15) is 9.59 Å². The third kappa shape index (κ3) is 3.36. The summed E-state index contributed by atoms with van der Waals surface area (Å²) in [5.74, 6) is 0.663. The van der Waals surface area contributed by atoms with Gasteiger partial charge in [-0.25, -0.2) is 0 Å². The van der Waals surface area contributed by atoms with Gasteiger partial charge in [-0.1, -0.05) is 30.3 Å². The van der Waals surface area contributed by atoms with Crippen molar-refractivity contribution in [3.05, 3.63) is 65.4 Å². The second-order valence-electron chi connectivity index (χ2n) is 8.56. The Kier molecular flexibility index (Phi) is 4.73. The molecule has 1 spiro atoms. The predicted octanol–water partition coefficient (Wildman–Crippen LogP) is 3.79. The highest BCUT2D eigenvalue weighted by molar-refractivity contribution is 5.98. The van der Waals surface area contributed by atoms with E-state index in [1.165, 1.54) is 22.2 Å². The van der Waals surface area contributed by atoms with Crippen LogP contribution in [0, 0.1) is 13.8 Å². The Morgan fingerprint density at radius 1 is 1.06 bits per heavy atom. The zero-order valence-corrected chi connectivity index (χ0v) is 18.0. The summed E-state index contributed by atoms with van der Waals surface area (Å²) in [6.45, 7) is 6.07. The van der Waals surface area contributed by atoms with Crippen LogP contribution in [0.5, 0.6) is 5.75 Å². The molecular weight excluding hydrogens is 390 g/mol. The van der Waals surface area contributed by atoms with Gasteiger partial charge in [-0.2, -0.15) is 0 Å². The molecule has 0 saturated carbocycles. The summed E-state index contributed by atoms with van der Waals surface area (Å²) in [5, 5.41) is 4.28. The van der Waals surface area contributed by atoms with Crippen molar-refractivity contribution in [1.29, 1.82) is 0 Å². The molecule has 0 atom stereocenters. The number of fused-ring (bicyclic) bond motifs is 2. The molecule has 0 aliphatic carbocycles. The monoisotopic (exact) mass is 417 g/mol. The summed E-state index contributed by atoms with van der Waals surface area (Å²) >= 11 is 0. The van der Waals surface area contributed by atoms with Crippen molar-refractivity contribution in [3.63, 3.8) is 0 Å². The first-order valence-corrected chi connectivity index (χ1v) is 10.9. The molecule has 2 aromatic carbocycles. The van der Waals surface area contributed by atoms with Gasteiger partial charge in [0, 0.05) is 55.5 Å². The molecular formula is C25H27N3O3. The number of para-hydroxylation sites is 2. The molecule has 0 bridgehead atoms. The Hall–Kier alpha value is -3.28. The number of aryl methyl sites for hydroxylation is 2. The van der Waals surface area contributed by atoms with Gasteiger partial charge in [0.15, 0.2) is 5.72 Å². The van der Waals surface area contributed by atoms with Crippen LogP contribution in [0.4, 0.5) is 0 Å². The molecule has 5 rings (SSSR count). The average molecular weight is 418 g/mol. The zero-order chi connectivity index (χ0) is 21.6. The van der Waals surface area contributed by atoms with Crippen LogP contribution >= 0.6 is 0 Å². The van der Waals surface area contributed by atoms with E-state index in [1.54, 1.807) is 6.07 Å². The number of ether oxygens (including phenoxy) is 1. The Bertz CT molecular complexity index is 1170. The Balaban J connectivity index is 1.24. The number of likely N-dealkylation sites (tertiary alicyclic amines) is 1. The topological polar surface area (TPSA) is 63.6 Å². The van der Waals surface area contributed by atoms with Crippen LogP contribution in [0.3, 0.4) is 0 Å². The van der Waals surface area contributed by atoms with E-state index in [4.69, 9.17) is 4.74 Å².